The highest BCUT2D eigenvalue weighted by atomic mass is 16.2. The minimum Gasteiger partial charge on any atom is -0.352 e. The lowest BCUT2D eigenvalue weighted by atomic mass is 9.79. The zero-order valence-electron chi connectivity index (χ0n) is 14.9. The summed E-state index contributed by atoms with van der Waals surface area (Å²) >= 11 is 0. The maximum absolute atomic E-state index is 12.2. The van der Waals surface area contributed by atoms with Gasteiger partial charge >= 0.3 is 0 Å². The minimum absolute atomic E-state index is 0.0203. The van der Waals surface area contributed by atoms with Gasteiger partial charge in [0.25, 0.3) is 0 Å². The molecule has 0 atom stereocenters. The van der Waals surface area contributed by atoms with Crippen molar-refractivity contribution in [1.82, 2.24) is 39.4 Å². The van der Waals surface area contributed by atoms with Gasteiger partial charge in [0, 0.05) is 43.8 Å². The molecule has 9 heteroatoms. The Kier molecular flexibility index (Phi) is 4.27. The predicted octanol–water partition coefficient (Wildman–Crippen LogP) is 0.627. The van der Waals surface area contributed by atoms with Crippen molar-refractivity contribution in [3.63, 3.8) is 0 Å². The van der Waals surface area contributed by atoms with Gasteiger partial charge in [-0.2, -0.15) is 5.10 Å². The van der Waals surface area contributed by atoms with Crippen LogP contribution in [0.5, 0.6) is 0 Å². The number of hydrogen-bond acceptors (Lipinski definition) is 5. The number of carbonyl (C=O) groups is 1. The first kappa shape index (κ1) is 16.5. The van der Waals surface area contributed by atoms with Crippen molar-refractivity contribution in [3.8, 4) is 0 Å². The van der Waals surface area contributed by atoms with E-state index in [1.165, 1.54) is 0 Å². The van der Waals surface area contributed by atoms with Crippen LogP contribution in [0, 0.1) is 6.92 Å². The van der Waals surface area contributed by atoms with Crippen molar-refractivity contribution in [1.29, 1.82) is 0 Å². The average molecular weight is 354 g/mol. The van der Waals surface area contributed by atoms with Gasteiger partial charge in [0.15, 0.2) is 5.82 Å². The fourth-order valence-corrected chi connectivity index (χ4v) is 3.35. The Balaban J connectivity index is 1.30. The van der Waals surface area contributed by atoms with E-state index in [9.17, 15) is 4.79 Å². The molecule has 0 unspecified atom stereocenters. The Morgan fingerprint density at radius 2 is 2.12 bits per heavy atom. The zero-order valence-corrected chi connectivity index (χ0v) is 14.9. The molecule has 0 saturated heterocycles. The van der Waals surface area contributed by atoms with Crippen LogP contribution in [0.3, 0.4) is 0 Å². The van der Waals surface area contributed by atoms with Crippen LogP contribution in [0.2, 0.25) is 0 Å². The molecule has 1 aliphatic rings. The molecule has 1 saturated carbocycles. The summed E-state index contributed by atoms with van der Waals surface area (Å²) in [5.41, 5.74) is 0. The first-order chi connectivity index (χ1) is 12.6. The molecule has 4 rings (SSSR count). The van der Waals surface area contributed by atoms with Gasteiger partial charge in [-0.3, -0.25) is 9.48 Å². The van der Waals surface area contributed by atoms with Crippen LogP contribution >= 0.6 is 0 Å². The van der Waals surface area contributed by atoms with Crippen LogP contribution < -0.4 is 5.32 Å². The SMILES string of the molecule is Cc1nccn1CC(=O)NC1CC(c2nnc(Cn3cccn3)n2C)C1. The van der Waals surface area contributed by atoms with E-state index in [0.29, 0.717) is 19.0 Å². The maximum atomic E-state index is 12.2. The molecule has 0 radical (unpaired) electrons. The fraction of sp³-hybridized carbons (Fsp3) is 0.471. The second kappa shape index (κ2) is 6.74. The van der Waals surface area contributed by atoms with Gasteiger partial charge in [-0.15, -0.1) is 10.2 Å². The number of carbonyl (C=O) groups excluding carboxylic acids is 1. The third-order valence-corrected chi connectivity index (χ3v) is 4.97. The number of aromatic nitrogens is 7. The molecular formula is C17H22N8O. The molecule has 0 bridgehead atoms. The van der Waals surface area contributed by atoms with E-state index in [4.69, 9.17) is 0 Å². The largest absolute Gasteiger partial charge is 0.352 e. The molecule has 1 amide bonds. The maximum Gasteiger partial charge on any atom is 0.240 e. The van der Waals surface area contributed by atoms with E-state index in [-0.39, 0.29) is 11.9 Å². The normalized spacial score (nSPS) is 19.3. The fourth-order valence-electron chi connectivity index (χ4n) is 3.35. The quantitative estimate of drug-likeness (QED) is 0.700. The Hall–Kier alpha value is -2.97. The lowest BCUT2D eigenvalue weighted by molar-refractivity contribution is -0.123. The predicted molar refractivity (Wildman–Crippen MR) is 93.2 cm³/mol. The molecule has 1 N–H and O–H groups in total. The number of amides is 1. The topological polar surface area (TPSA) is 95.4 Å². The van der Waals surface area contributed by atoms with E-state index in [0.717, 1.165) is 30.3 Å². The van der Waals surface area contributed by atoms with Crippen LogP contribution in [-0.4, -0.2) is 46.0 Å². The highest BCUT2D eigenvalue weighted by molar-refractivity contribution is 5.76. The Labute approximate surface area is 151 Å². The summed E-state index contributed by atoms with van der Waals surface area (Å²) < 4.78 is 5.71. The van der Waals surface area contributed by atoms with Gasteiger partial charge in [0.05, 0.1) is 0 Å². The van der Waals surface area contributed by atoms with E-state index < -0.39 is 0 Å². The second-order valence-electron chi connectivity index (χ2n) is 6.77. The molecule has 0 aromatic carbocycles. The smallest absolute Gasteiger partial charge is 0.240 e. The Morgan fingerprint density at radius 1 is 1.27 bits per heavy atom. The van der Waals surface area contributed by atoms with Gasteiger partial charge in [0.2, 0.25) is 5.91 Å². The lowest BCUT2D eigenvalue weighted by Crippen LogP contribution is -2.45. The van der Waals surface area contributed by atoms with Crippen LogP contribution in [0.4, 0.5) is 0 Å². The van der Waals surface area contributed by atoms with Crippen molar-refractivity contribution in [2.75, 3.05) is 0 Å². The monoisotopic (exact) mass is 354 g/mol. The van der Waals surface area contributed by atoms with Crippen LogP contribution in [0.1, 0.15) is 36.2 Å². The van der Waals surface area contributed by atoms with Gasteiger partial charge in [-0.25, -0.2) is 4.98 Å². The Morgan fingerprint density at radius 3 is 2.81 bits per heavy atom. The third kappa shape index (κ3) is 3.24. The zero-order chi connectivity index (χ0) is 18.1. The standard InChI is InChI=1S/C17H22N8O/c1-12-18-5-7-24(12)11-16(26)20-14-8-13(9-14)17-22-21-15(23(17)2)10-25-6-3-4-19-25/h3-7,13-14H,8-11H2,1-2H3,(H,20,26). The van der Waals surface area contributed by atoms with Gasteiger partial charge < -0.3 is 14.5 Å². The highest BCUT2D eigenvalue weighted by Gasteiger charge is 2.34. The summed E-state index contributed by atoms with van der Waals surface area (Å²) in [4.78, 5) is 16.3. The summed E-state index contributed by atoms with van der Waals surface area (Å²) in [5.74, 6) is 3.05. The molecule has 0 aliphatic heterocycles. The lowest BCUT2D eigenvalue weighted by Gasteiger charge is -2.35. The summed E-state index contributed by atoms with van der Waals surface area (Å²) in [6.45, 7) is 2.81. The first-order valence-electron chi connectivity index (χ1n) is 8.73. The molecule has 136 valence electrons. The molecule has 26 heavy (non-hydrogen) atoms. The van der Waals surface area contributed by atoms with Crippen LogP contribution in [0.15, 0.2) is 30.9 Å². The third-order valence-electron chi connectivity index (χ3n) is 4.97. The molecule has 1 aliphatic carbocycles. The second-order valence-corrected chi connectivity index (χ2v) is 6.77. The van der Waals surface area contributed by atoms with Crippen molar-refractivity contribution < 1.29 is 4.79 Å². The number of imidazole rings is 1. The van der Waals surface area contributed by atoms with E-state index in [2.05, 4.69) is 25.6 Å². The van der Waals surface area contributed by atoms with Crippen molar-refractivity contribution in [3.05, 3.63) is 48.3 Å². The number of nitrogens with zero attached hydrogens (tertiary/aromatic N) is 7. The summed E-state index contributed by atoms with van der Waals surface area (Å²) in [6, 6.07) is 2.09. The number of hydrogen-bond donors (Lipinski definition) is 1. The van der Waals surface area contributed by atoms with E-state index in [1.54, 1.807) is 12.4 Å². The molecule has 3 aromatic heterocycles. The molecule has 0 spiro atoms. The van der Waals surface area contributed by atoms with Crippen LogP contribution in [-0.2, 0) is 24.9 Å². The minimum atomic E-state index is 0.0203. The average Bonchev–Trinajstić information content (AvgIpc) is 3.29. The van der Waals surface area contributed by atoms with Gasteiger partial charge in [0.1, 0.15) is 24.7 Å². The van der Waals surface area contributed by atoms with Gasteiger partial charge in [-0.1, -0.05) is 0 Å². The van der Waals surface area contributed by atoms with Crippen molar-refractivity contribution >= 4 is 5.91 Å². The first-order valence-corrected chi connectivity index (χ1v) is 8.73. The van der Waals surface area contributed by atoms with E-state index in [1.807, 2.05) is 46.2 Å². The molecule has 9 nitrogen and oxygen atoms in total. The molecular weight excluding hydrogens is 332 g/mol. The number of aryl methyl sites for hydroxylation is 1. The van der Waals surface area contributed by atoms with Crippen molar-refractivity contribution in [2.24, 2.45) is 7.05 Å². The molecule has 3 heterocycles. The van der Waals surface area contributed by atoms with Crippen molar-refractivity contribution in [2.45, 2.75) is 44.8 Å². The highest BCUT2D eigenvalue weighted by Crippen LogP contribution is 2.35. The van der Waals surface area contributed by atoms with Gasteiger partial charge in [-0.05, 0) is 25.8 Å². The molecule has 3 aromatic rings. The summed E-state index contributed by atoms with van der Waals surface area (Å²) in [6.07, 6.45) is 8.97. The number of nitrogens with one attached hydrogen (secondary N) is 1. The van der Waals surface area contributed by atoms with Crippen LogP contribution in [0.25, 0.3) is 0 Å². The van der Waals surface area contributed by atoms with E-state index >= 15 is 0 Å². The molecule has 1 fully saturated rings. The number of rotatable bonds is 6. The Bertz CT molecular complexity index is 888. The summed E-state index contributed by atoms with van der Waals surface area (Å²) in [7, 11) is 1.99. The summed E-state index contributed by atoms with van der Waals surface area (Å²) in [5, 5.41) is 15.9.